The summed E-state index contributed by atoms with van der Waals surface area (Å²) in [5, 5.41) is 3.81. The maximum absolute atomic E-state index is 13.5. The van der Waals surface area contributed by atoms with Gasteiger partial charge in [0.2, 0.25) is 0 Å². The van der Waals surface area contributed by atoms with E-state index in [1.165, 1.54) is 6.07 Å². The van der Waals surface area contributed by atoms with Crippen LogP contribution in [0.2, 0.25) is 5.02 Å². The summed E-state index contributed by atoms with van der Waals surface area (Å²) in [6.07, 6.45) is 0. The van der Waals surface area contributed by atoms with E-state index >= 15 is 0 Å². The van der Waals surface area contributed by atoms with Crippen LogP contribution in [0.1, 0.15) is 25.5 Å². The number of benzene rings is 1. The van der Waals surface area contributed by atoms with Crippen molar-refractivity contribution in [2.24, 2.45) is 5.41 Å². The fourth-order valence-corrected chi connectivity index (χ4v) is 2.06. The molecule has 0 bridgehead atoms. The molecule has 0 saturated carbocycles. The Balaban J connectivity index is 2.37. The van der Waals surface area contributed by atoms with E-state index < -0.39 is 0 Å². The maximum Gasteiger partial charge on any atom is 0.128 e. The van der Waals surface area contributed by atoms with Crippen LogP contribution >= 0.6 is 11.6 Å². The van der Waals surface area contributed by atoms with Gasteiger partial charge >= 0.3 is 0 Å². The smallest absolute Gasteiger partial charge is 0.128 e. The SMILES string of the molecule is CC1(C)CNC1c1cc(Cl)ccc1F. The molecule has 2 rings (SSSR count). The fraction of sp³-hybridized carbons (Fsp3) is 0.455. The van der Waals surface area contributed by atoms with Crippen LogP contribution in [-0.4, -0.2) is 6.54 Å². The number of nitrogens with one attached hydrogen (secondary N) is 1. The predicted molar refractivity (Wildman–Crippen MR) is 55.9 cm³/mol. The van der Waals surface area contributed by atoms with Gasteiger partial charge in [0, 0.05) is 23.2 Å². The first-order valence-electron chi connectivity index (χ1n) is 4.69. The van der Waals surface area contributed by atoms with Crippen LogP contribution in [-0.2, 0) is 0 Å². The van der Waals surface area contributed by atoms with Crippen LogP contribution in [0.3, 0.4) is 0 Å². The van der Waals surface area contributed by atoms with Crippen molar-refractivity contribution < 1.29 is 4.39 Å². The van der Waals surface area contributed by atoms with Gasteiger partial charge in [-0.05, 0) is 23.6 Å². The molecule has 0 amide bonds. The lowest BCUT2D eigenvalue weighted by Crippen LogP contribution is -2.52. The molecule has 1 atom stereocenters. The Morgan fingerprint density at radius 2 is 2.21 bits per heavy atom. The van der Waals surface area contributed by atoms with Gasteiger partial charge in [0.15, 0.2) is 0 Å². The second kappa shape index (κ2) is 3.21. The second-order valence-electron chi connectivity index (χ2n) is 4.47. The Morgan fingerprint density at radius 1 is 1.50 bits per heavy atom. The van der Waals surface area contributed by atoms with Crippen molar-refractivity contribution in [1.29, 1.82) is 0 Å². The Morgan fingerprint density at radius 3 is 2.71 bits per heavy atom. The summed E-state index contributed by atoms with van der Waals surface area (Å²) < 4.78 is 13.5. The predicted octanol–water partition coefficient (Wildman–Crippen LogP) is 3.15. The van der Waals surface area contributed by atoms with Crippen molar-refractivity contribution in [1.82, 2.24) is 5.32 Å². The highest BCUT2D eigenvalue weighted by Gasteiger charge is 2.40. The third-order valence-electron chi connectivity index (χ3n) is 2.81. The quantitative estimate of drug-likeness (QED) is 0.756. The highest BCUT2D eigenvalue weighted by molar-refractivity contribution is 6.30. The molecule has 0 aliphatic carbocycles. The lowest BCUT2D eigenvalue weighted by molar-refractivity contribution is 0.125. The summed E-state index contributed by atoms with van der Waals surface area (Å²) in [4.78, 5) is 0. The molecule has 1 aliphatic heterocycles. The van der Waals surface area contributed by atoms with Gasteiger partial charge in [0.05, 0.1) is 0 Å². The molecule has 1 saturated heterocycles. The monoisotopic (exact) mass is 213 g/mol. The zero-order valence-corrected chi connectivity index (χ0v) is 9.03. The zero-order valence-electron chi connectivity index (χ0n) is 8.27. The largest absolute Gasteiger partial charge is 0.309 e. The summed E-state index contributed by atoms with van der Waals surface area (Å²) in [6, 6.07) is 4.79. The van der Waals surface area contributed by atoms with E-state index in [0.717, 1.165) is 6.54 Å². The Labute approximate surface area is 88.3 Å². The molecule has 1 N–H and O–H groups in total. The van der Waals surface area contributed by atoms with Gasteiger partial charge in [0.25, 0.3) is 0 Å². The van der Waals surface area contributed by atoms with Crippen LogP contribution in [0.15, 0.2) is 18.2 Å². The van der Waals surface area contributed by atoms with Gasteiger partial charge in [-0.3, -0.25) is 0 Å². The summed E-state index contributed by atoms with van der Waals surface area (Å²) in [5.41, 5.74) is 0.791. The van der Waals surface area contributed by atoms with Crippen LogP contribution < -0.4 is 5.32 Å². The van der Waals surface area contributed by atoms with Crippen LogP contribution in [0.25, 0.3) is 0 Å². The average Bonchev–Trinajstić information content (AvgIpc) is 2.10. The zero-order chi connectivity index (χ0) is 10.3. The molecule has 1 aliphatic rings. The van der Waals surface area contributed by atoms with E-state index in [0.29, 0.717) is 10.6 Å². The molecule has 3 heteroatoms. The number of hydrogen-bond donors (Lipinski definition) is 1. The Kier molecular flexibility index (Phi) is 2.28. The van der Waals surface area contributed by atoms with Crippen LogP contribution in [0.4, 0.5) is 4.39 Å². The average molecular weight is 214 g/mol. The Bertz CT molecular complexity index is 362. The topological polar surface area (TPSA) is 12.0 Å². The molecule has 1 aromatic rings. The molecular formula is C11H13ClFN. The van der Waals surface area contributed by atoms with E-state index in [1.54, 1.807) is 12.1 Å². The van der Waals surface area contributed by atoms with Crippen molar-refractivity contribution in [2.45, 2.75) is 19.9 Å². The second-order valence-corrected chi connectivity index (χ2v) is 4.90. The number of rotatable bonds is 1. The molecule has 14 heavy (non-hydrogen) atoms. The van der Waals surface area contributed by atoms with Gasteiger partial charge in [-0.15, -0.1) is 0 Å². The Hall–Kier alpha value is -0.600. The van der Waals surface area contributed by atoms with Crippen molar-refractivity contribution in [3.05, 3.63) is 34.6 Å². The summed E-state index contributed by atoms with van der Waals surface area (Å²) in [7, 11) is 0. The van der Waals surface area contributed by atoms with Crippen molar-refractivity contribution >= 4 is 11.6 Å². The third-order valence-corrected chi connectivity index (χ3v) is 3.05. The van der Waals surface area contributed by atoms with E-state index in [4.69, 9.17) is 11.6 Å². The molecule has 1 nitrogen and oxygen atoms in total. The molecule has 0 aromatic heterocycles. The summed E-state index contributed by atoms with van der Waals surface area (Å²) >= 11 is 5.84. The van der Waals surface area contributed by atoms with E-state index in [9.17, 15) is 4.39 Å². The minimum atomic E-state index is -0.181. The molecule has 76 valence electrons. The number of halogens is 2. The van der Waals surface area contributed by atoms with Gasteiger partial charge in [0.1, 0.15) is 5.82 Å². The van der Waals surface area contributed by atoms with E-state index in [1.807, 2.05) is 0 Å². The lowest BCUT2D eigenvalue weighted by atomic mass is 9.74. The van der Waals surface area contributed by atoms with Crippen LogP contribution in [0, 0.1) is 11.2 Å². The van der Waals surface area contributed by atoms with Crippen molar-refractivity contribution in [2.75, 3.05) is 6.54 Å². The maximum atomic E-state index is 13.5. The fourth-order valence-electron chi connectivity index (χ4n) is 1.88. The van der Waals surface area contributed by atoms with Gasteiger partial charge in [-0.2, -0.15) is 0 Å². The first-order valence-corrected chi connectivity index (χ1v) is 5.07. The third kappa shape index (κ3) is 1.53. The minimum Gasteiger partial charge on any atom is -0.309 e. The lowest BCUT2D eigenvalue weighted by Gasteiger charge is -2.46. The van der Waals surface area contributed by atoms with Gasteiger partial charge in [-0.25, -0.2) is 4.39 Å². The van der Waals surface area contributed by atoms with E-state index in [2.05, 4.69) is 19.2 Å². The highest BCUT2D eigenvalue weighted by Crippen LogP contribution is 2.41. The standard InChI is InChI=1S/C11H13ClFN/c1-11(2)6-14-10(11)8-5-7(12)3-4-9(8)13/h3-5,10,14H,6H2,1-2H3. The van der Waals surface area contributed by atoms with Gasteiger partial charge < -0.3 is 5.32 Å². The summed E-state index contributed by atoms with van der Waals surface area (Å²) in [5.74, 6) is -0.181. The number of hydrogen-bond acceptors (Lipinski definition) is 1. The molecule has 1 heterocycles. The first kappa shape index (κ1) is 9.94. The molecule has 0 radical (unpaired) electrons. The molecule has 1 fully saturated rings. The summed E-state index contributed by atoms with van der Waals surface area (Å²) in [6.45, 7) is 5.16. The van der Waals surface area contributed by atoms with Crippen molar-refractivity contribution in [3.8, 4) is 0 Å². The van der Waals surface area contributed by atoms with E-state index in [-0.39, 0.29) is 17.3 Å². The van der Waals surface area contributed by atoms with Gasteiger partial charge in [-0.1, -0.05) is 25.4 Å². The molecular weight excluding hydrogens is 201 g/mol. The minimum absolute atomic E-state index is 0.0844. The normalized spacial score (nSPS) is 24.4. The van der Waals surface area contributed by atoms with Crippen molar-refractivity contribution in [3.63, 3.8) is 0 Å². The molecule has 0 spiro atoms. The molecule has 1 unspecified atom stereocenters. The molecule has 1 aromatic carbocycles. The van der Waals surface area contributed by atoms with Crippen LogP contribution in [0.5, 0.6) is 0 Å². The highest BCUT2D eigenvalue weighted by atomic mass is 35.5. The first-order chi connectivity index (χ1) is 6.50.